The molecule has 2 rings (SSSR count). The van der Waals surface area contributed by atoms with Crippen LogP contribution in [0.15, 0.2) is 58.4 Å². The van der Waals surface area contributed by atoms with Crippen LogP contribution < -0.4 is 15.8 Å². The number of rotatable bonds is 7. The van der Waals surface area contributed by atoms with Crippen LogP contribution in [-0.2, 0) is 23.0 Å². The molecule has 0 radical (unpaired) electrons. The van der Waals surface area contributed by atoms with Crippen LogP contribution in [-0.4, -0.2) is 28.0 Å². The van der Waals surface area contributed by atoms with Crippen molar-refractivity contribution in [1.29, 1.82) is 0 Å². The lowest BCUT2D eigenvalue weighted by Gasteiger charge is -2.26. The number of halogens is 1. The van der Waals surface area contributed by atoms with Gasteiger partial charge in [-0.2, -0.15) is 0 Å². The van der Waals surface area contributed by atoms with Crippen molar-refractivity contribution in [3.63, 3.8) is 0 Å². The van der Waals surface area contributed by atoms with E-state index in [1.54, 1.807) is 19.2 Å². The highest BCUT2D eigenvalue weighted by atomic mass is 35.5. The van der Waals surface area contributed by atoms with Crippen LogP contribution in [0, 0.1) is 5.41 Å². The van der Waals surface area contributed by atoms with E-state index in [4.69, 9.17) is 16.7 Å². The Morgan fingerprint density at radius 2 is 1.79 bits per heavy atom. The summed E-state index contributed by atoms with van der Waals surface area (Å²) < 4.78 is 22.6. The van der Waals surface area contributed by atoms with Crippen LogP contribution in [0.4, 0.5) is 0 Å². The van der Waals surface area contributed by atoms with E-state index < -0.39 is 10.0 Å². The Kier molecular flexibility index (Phi) is 7.46. The fraction of sp³-hybridized carbons (Fsp3) is 0.350. The van der Waals surface area contributed by atoms with E-state index in [0.717, 1.165) is 23.6 Å². The highest BCUT2D eigenvalue weighted by Gasteiger charge is 2.19. The van der Waals surface area contributed by atoms with Gasteiger partial charge in [-0.05, 0) is 47.2 Å². The van der Waals surface area contributed by atoms with Crippen molar-refractivity contribution in [2.75, 3.05) is 13.6 Å². The van der Waals surface area contributed by atoms with Crippen molar-refractivity contribution in [1.82, 2.24) is 10.6 Å². The van der Waals surface area contributed by atoms with Gasteiger partial charge < -0.3 is 10.6 Å². The van der Waals surface area contributed by atoms with Crippen molar-refractivity contribution < 1.29 is 8.42 Å². The Balaban J connectivity index is 1.88. The molecule has 0 bridgehead atoms. The second-order valence-corrected chi connectivity index (χ2v) is 9.44. The third-order valence-corrected chi connectivity index (χ3v) is 5.41. The van der Waals surface area contributed by atoms with Crippen LogP contribution in [0.2, 0.25) is 5.02 Å². The summed E-state index contributed by atoms with van der Waals surface area (Å²) in [5.74, 6) is 0.676. The van der Waals surface area contributed by atoms with Gasteiger partial charge in [-0.1, -0.05) is 49.7 Å². The number of aliphatic imine (C=N–C) groups is 1. The number of hydrogen-bond acceptors (Lipinski definition) is 3. The second kappa shape index (κ2) is 9.41. The lowest BCUT2D eigenvalue weighted by atomic mass is 9.86. The van der Waals surface area contributed by atoms with E-state index in [1.165, 1.54) is 17.7 Å². The Hall–Kier alpha value is -2.09. The molecule has 8 heteroatoms. The first-order chi connectivity index (χ1) is 13.1. The molecule has 4 N–H and O–H groups in total. The van der Waals surface area contributed by atoms with E-state index in [2.05, 4.69) is 35.5 Å². The molecule has 0 atom stereocenters. The van der Waals surface area contributed by atoms with Crippen LogP contribution in [0.3, 0.4) is 0 Å². The average molecular weight is 423 g/mol. The summed E-state index contributed by atoms with van der Waals surface area (Å²) in [5, 5.41) is 12.4. The molecule has 0 spiro atoms. The van der Waals surface area contributed by atoms with Crippen molar-refractivity contribution in [3.8, 4) is 0 Å². The molecule has 0 saturated carbocycles. The van der Waals surface area contributed by atoms with Gasteiger partial charge in [-0.25, -0.2) is 13.6 Å². The number of hydrogen-bond donors (Lipinski definition) is 3. The van der Waals surface area contributed by atoms with Crippen LogP contribution in [0.5, 0.6) is 0 Å². The number of primary sulfonamides is 1. The smallest absolute Gasteiger partial charge is 0.238 e. The highest BCUT2D eigenvalue weighted by Crippen LogP contribution is 2.22. The molecular formula is C20H27ClN4O2S. The third-order valence-electron chi connectivity index (χ3n) is 4.24. The Labute approximate surface area is 172 Å². The van der Waals surface area contributed by atoms with Gasteiger partial charge in [-0.15, -0.1) is 0 Å². The fourth-order valence-electron chi connectivity index (χ4n) is 2.79. The fourth-order valence-corrected chi connectivity index (χ4v) is 3.52. The first-order valence-electron chi connectivity index (χ1n) is 8.90. The van der Waals surface area contributed by atoms with Crippen LogP contribution in [0.25, 0.3) is 0 Å². The molecular weight excluding hydrogens is 396 g/mol. The van der Waals surface area contributed by atoms with Crippen LogP contribution in [0.1, 0.15) is 25.0 Å². The second-order valence-electron chi connectivity index (χ2n) is 7.44. The van der Waals surface area contributed by atoms with Gasteiger partial charge in [0.25, 0.3) is 0 Å². The first-order valence-corrected chi connectivity index (χ1v) is 10.8. The van der Waals surface area contributed by atoms with Crippen molar-refractivity contribution in [2.24, 2.45) is 15.5 Å². The number of guanidine groups is 1. The summed E-state index contributed by atoms with van der Waals surface area (Å²) in [6.07, 6.45) is 0.882. The Morgan fingerprint density at radius 1 is 1.11 bits per heavy atom. The highest BCUT2D eigenvalue weighted by molar-refractivity contribution is 7.89. The minimum atomic E-state index is -3.67. The minimum absolute atomic E-state index is 0.000560. The number of nitrogens with one attached hydrogen (secondary N) is 2. The summed E-state index contributed by atoms with van der Waals surface area (Å²) in [5.41, 5.74) is 2.12. The minimum Gasteiger partial charge on any atom is -0.356 e. The van der Waals surface area contributed by atoms with Gasteiger partial charge >= 0.3 is 0 Å². The molecule has 0 aromatic heterocycles. The van der Waals surface area contributed by atoms with Gasteiger partial charge in [0.1, 0.15) is 0 Å². The summed E-state index contributed by atoms with van der Waals surface area (Å²) in [4.78, 5) is 4.34. The van der Waals surface area contributed by atoms with Gasteiger partial charge in [0, 0.05) is 25.2 Å². The van der Waals surface area contributed by atoms with Crippen molar-refractivity contribution in [3.05, 3.63) is 64.7 Å². The molecule has 152 valence electrons. The van der Waals surface area contributed by atoms with Gasteiger partial charge in [0.2, 0.25) is 10.0 Å². The maximum Gasteiger partial charge on any atom is 0.238 e. The zero-order chi connectivity index (χ0) is 20.8. The number of nitrogens with zero attached hydrogens (tertiary/aromatic N) is 1. The molecule has 0 aliphatic heterocycles. The van der Waals surface area contributed by atoms with Gasteiger partial charge in [-0.3, -0.25) is 4.99 Å². The summed E-state index contributed by atoms with van der Waals surface area (Å²) >= 11 is 6.07. The Bertz CT molecular complexity index is 925. The molecule has 0 saturated heterocycles. The topological polar surface area (TPSA) is 96.6 Å². The maximum atomic E-state index is 11.3. The molecule has 0 heterocycles. The monoisotopic (exact) mass is 422 g/mol. The number of benzene rings is 2. The van der Waals surface area contributed by atoms with E-state index in [9.17, 15) is 8.42 Å². The average Bonchev–Trinajstić information content (AvgIpc) is 2.61. The SMILES string of the molecule is CN=C(NCc1ccc(S(N)(=O)=O)cc1)NCC(C)(C)Cc1cccc(Cl)c1. The molecule has 6 nitrogen and oxygen atoms in total. The zero-order valence-electron chi connectivity index (χ0n) is 16.4. The molecule has 28 heavy (non-hydrogen) atoms. The molecule has 0 fully saturated rings. The first kappa shape index (κ1) is 22.2. The standard InChI is InChI=1S/C20H27ClN4O2S/c1-20(2,12-16-5-4-6-17(21)11-16)14-25-19(23-3)24-13-15-7-9-18(10-8-15)28(22,26)27/h4-11H,12-14H2,1-3H3,(H2,22,26,27)(H2,23,24,25). The predicted molar refractivity (Wildman–Crippen MR) is 115 cm³/mol. The molecule has 0 aliphatic carbocycles. The maximum absolute atomic E-state index is 11.3. The van der Waals surface area contributed by atoms with E-state index in [-0.39, 0.29) is 10.3 Å². The van der Waals surface area contributed by atoms with Crippen molar-refractivity contribution >= 4 is 27.6 Å². The normalized spacial score (nSPS) is 12.7. The van der Waals surface area contributed by atoms with Crippen molar-refractivity contribution in [2.45, 2.75) is 31.7 Å². The van der Waals surface area contributed by atoms with Gasteiger partial charge in [0.05, 0.1) is 4.90 Å². The lowest BCUT2D eigenvalue weighted by Crippen LogP contribution is -2.42. The molecule has 2 aromatic carbocycles. The number of sulfonamides is 1. The summed E-state index contributed by atoms with van der Waals surface area (Å²) in [7, 11) is -1.96. The van der Waals surface area contributed by atoms with E-state index in [0.29, 0.717) is 12.5 Å². The summed E-state index contributed by atoms with van der Waals surface area (Å²) in [6.45, 7) is 5.60. The quantitative estimate of drug-likeness (QED) is 0.472. The lowest BCUT2D eigenvalue weighted by molar-refractivity contribution is 0.359. The largest absolute Gasteiger partial charge is 0.356 e. The van der Waals surface area contributed by atoms with Gasteiger partial charge in [0.15, 0.2) is 5.96 Å². The van der Waals surface area contributed by atoms with E-state index >= 15 is 0 Å². The number of nitrogens with two attached hydrogens (primary N) is 1. The molecule has 0 aliphatic rings. The predicted octanol–water partition coefficient (Wildman–Crippen LogP) is 2.92. The molecule has 0 unspecified atom stereocenters. The third kappa shape index (κ3) is 7.14. The summed E-state index contributed by atoms with van der Waals surface area (Å²) in [6, 6.07) is 14.3. The molecule has 0 amide bonds. The molecule has 2 aromatic rings. The Morgan fingerprint density at radius 3 is 2.36 bits per heavy atom. The zero-order valence-corrected chi connectivity index (χ0v) is 17.9. The van der Waals surface area contributed by atoms with Crippen LogP contribution >= 0.6 is 11.6 Å². The van der Waals surface area contributed by atoms with E-state index in [1.807, 2.05) is 18.2 Å².